The van der Waals surface area contributed by atoms with E-state index in [-0.39, 0.29) is 23.3 Å². The van der Waals surface area contributed by atoms with Crippen molar-refractivity contribution in [3.05, 3.63) is 23.8 Å². The number of carbonyl (C=O) groups is 1. The fourth-order valence-electron chi connectivity index (χ4n) is 4.81. The summed E-state index contributed by atoms with van der Waals surface area (Å²) in [6, 6.07) is 5.56. The number of hydrogen-bond acceptors (Lipinski definition) is 5. The van der Waals surface area contributed by atoms with Crippen LogP contribution in [0, 0.1) is 0 Å². The number of methoxy groups -OCH3 is 1. The first kappa shape index (κ1) is 17.6. The normalized spacial score (nSPS) is 29.9. The number of likely N-dealkylation sites (tertiary alicyclic amines) is 1. The zero-order valence-electron chi connectivity index (χ0n) is 15.1. The average molecular weight is 379 g/mol. The van der Waals surface area contributed by atoms with Crippen molar-refractivity contribution >= 4 is 15.7 Å². The van der Waals surface area contributed by atoms with Gasteiger partial charge >= 0.3 is 0 Å². The molecule has 2 saturated heterocycles. The predicted octanol–water partition coefficient (Wildman–Crippen LogP) is 2.13. The van der Waals surface area contributed by atoms with Crippen molar-refractivity contribution in [2.75, 3.05) is 31.8 Å². The maximum Gasteiger partial charge on any atom is 0.230 e. The number of rotatable bonds is 2. The number of benzene rings is 1. The van der Waals surface area contributed by atoms with Crippen LogP contribution in [0.4, 0.5) is 0 Å². The quantitative estimate of drug-likeness (QED) is 0.787. The van der Waals surface area contributed by atoms with Crippen molar-refractivity contribution < 1.29 is 22.7 Å². The molecule has 6 nitrogen and oxygen atoms in total. The summed E-state index contributed by atoms with van der Waals surface area (Å²) in [5.41, 5.74) is 0.377. The second-order valence-electron chi connectivity index (χ2n) is 7.61. The minimum Gasteiger partial charge on any atom is -0.497 e. The Morgan fingerprint density at radius 3 is 2.88 bits per heavy atom. The molecule has 142 valence electrons. The van der Waals surface area contributed by atoms with E-state index < -0.39 is 15.4 Å². The van der Waals surface area contributed by atoms with E-state index in [4.69, 9.17) is 9.47 Å². The van der Waals surface area contributed by atoms with Crippen LogP contribution in [0.2, 0.25) is 0 Å². The third kappa shape index (κ3) is 2.96. The molecule has 2 unspecified atom stereocenters. The van der Waals surface area contributed by atoms with Crippen LogP contribution in [-0.2, 0) is 14.6 Å². The van der Waals surface area contributed by atoms with Crippen LogP contribution in [0.1, 0.15) is 43.6 Å². The molecule has 1 aromatic carbocycles. The van der Waals surface area contributed by atoms with Crippen LogP contribution in [0.15, 0.2) is 18.2 Å². The highest BCUT2D eigenvalue weighted by atomic mass is 32.2. The molecule has 7 heteroatoms. The number of hydrogen-bond donors (Lipinski definition) is 0. The van der Waals surface area contributed by atoms with Crippen molar-refractivity contribution in [1.82, 2.24) is 4.90 Å². The largest absolute Gasteiger partial charge is 0.497 e. The number of carbonyl (C=O) groups excluding carboxylic acids is 1. The molecule has 4 rings (SSSR count). The monoisotopic (exact) mass is 379 g/mol. The maximum atomic E-state index is 13.4. The molecule has 0 aromatic heterocycles. The Morgan fingerprint density at radius 2 is 2.12 bits per heavy atom. The Hall–Kier alpha value is -1.76. The fourth-order valence-corrected chi connectivity index (χ4v) is 6.80. The Kier molecular flexibility index (Phi) is 4.37. The van der Waals surface area contributed by atoms with Crippen LogP contribution >= 0.6 is 0 Å². The Morgan fingerprint density at radius 1 is 1.31 bits per heavy atom. The van der Waals surface area contributed by atoms with Crippen LogP contribution in [-0.4, -0.2) is 56.5 Å². The second kappa shape index (κ2) is 6.44. The van der Waals surface area contributed by atoms with Gasteiger partial charge < -0.3 is 14.4 Å². The summed E-state index contributed by atoms with van der Waals surface area (Å²) in [4.78, 5) is 15.3. The minimum atomic E-state index is -3.08. The first-order valence-electron chi connectivity index (χ1n) is 9.27. The summed E-state index contributed by atoms with van der Waals surface area (Å²) in [5.74, 6) is 1.53. The maximum absolute atomic E-state index is 13.4. The summed E-state index contributed by atoms with van der Waals surface area (Å²) >= 11 is 0. The summed E-state index contributed by atoms with van der Waals surface area (Å²) in [5, 5.41) is 0. The van der Waals surface area contributed by atoms with Gasteiger partial charge in [-0.05, 0) is 38.2 Å². The predicted molar refractivity (Wildman–Crippen MR) is 97.4 cm³/mol. The van der Waals surface area contributed by atoms with E-state index in [1.54, 1.807) is 7.11 Å². The molecule has 2 atom stereocenters. The molecule has 0 aliphatic carbocycles. The lowest BCUT2D eigenvalue weighted by atomic mass is 9.88. The number of nitrogens with zero attached hydrogens (tertiary/aromatic N) is 1. The molecule has 0 bridgehead atoms. The van der Waals surface area contributed by atoms with Gasteiger partial charge in [0, 0.05) is 18.2 Å². The molecule has 1 amide bonds. The first-order valence-corrected chi connectivity index (χ1v) is 11.1. The molecule has 26 heavy (non-hydrogen) atoms. The zero-order valence-corrected chi connectivity index (χ0v) is 15.9. The highest BCUT2D eigenvalue weighted by molar-refractivity contribution is 7.91. The number of fused-ring (bicyclic) bond motifs is 1. The van der Waals surface area contributed by atoms with Gasteiger partial charge in [-0.15, -0.1) is 0 Å². The van der Waals surface area contributed by atoms with Crippen molar-refractivity contribution in [2.24, 2.45) is 0 Å². The highest BCUT2D eigenvalue weighted by Crippen LogP contribution is 2.43. The molecule has 3 aliphatic heterocycles. The fraction of sp³-hybridized carbons (Fsp3) is 0.632. The van der Waals surface area contributed by atoms with E-state index in [2.05, 4.69) is 0 Å². The molecule has 0 saturated carbocycles. The van der Waals surface area contributed by atoms with Crippen LogP contribution in [0.25, 0.3) is 0 Å². The van der Waals surface area contributed by atoms with E-state index in [0.717, 1.165) is 24.8 Å². The van der Waals surface area contributed by atoms with Gasteiger partial charge in [0.25, 0.3) is 0 Å². The molecular formula is C19H25NO5S. The number of amides is 1. The number of ether oxygens (including phenoxy) is 2. The second-order valence-corrected chi connectivity index (χ2v) is 9.79. The van der Waals surface area contributed by atoms with Crippen LogP contribution < -0.4 is 9.47 Å². The molecule has 3 heterocycles. The molecular weight excluding hydrogens is 354 g/mol. The van der Waals surface area contributed by atoms with E-state index in [1.165, 1.54) is 0 Å². The average Bonchev–Trinajstić information content (AvgIpc) is 3.01. The lowest BCUT2D eigenvalue weighted by Crippen LogP contribution is -2.55. The molecule has 2 fully saturated rings. The topological polar surface area (TPSA) is 72.9 Å². The van der Waals surface area contributed by atoms with Crippen LogP contribution in [0.5, 0.6) is 11.5 Å². The minimum absolute atomic E-state index is 0.0503. The van der Waals surface area contributed by atoms with E-state index >= 15 is 0 Å². The first-order chi connectivity index (χ1) is 12.4. The zero-order chi connectivity index (χ0) is 18.4. The van der Waals surface area contributed by atoms with Crippen molar-refractivity contribution in [2.45, 2.75) is 43.6 Å². The highest BCUT2D eigenvalue weighted by Gasteiger charge is 2.50. The van der Waals surface area contributed by atoms with Gasteiger partial charge in [0.1, 0.15) is 11.5 Å². The van der Waals surface area contributed by atoms with Gasteiger partial charge in [-0.2, -0.15) is 0 Å². The van der Waals surface area contributed by atoms with Gasteiger partial charge in [-0.3, -0.25) is 4.79 Å². The molecule has 3 aliphatic rings. The smallest absolute Gasteiger partial charge is 0.230 e. The van der Waals surface area contributed by atoms with Crippen molar-refractivity contribution in [1.29, 1.82) is 0 Å². The number of sulfone groups is 1. The third-order valence-corrected chi connectivity index (χ3v) is 7.89. The lowest BCUT2D eigenvalue weighted by molar-refractivity contribution is -0.137. The Balaban J connectivity index is 1.64. The summed E-state index contributed by atoms with van der Waals surface area (Å²) in [7, 11) is -1.47. The van der Waals surface area contributed by atoms with Gasteiger partial charge in [-0.1, -0.05) is 6.07 Å². The Bertz CT molecular complexity index is 821. The molecule has 1 aromatic rings. The molecule has 0 N–H and O–H groups in total. The van der Waals surface area contributed by atoms with Gasteiger partial charge in [0.05, 0.1) is 36.7 Å². The summed E-state index contributed by atoms with van der Waals surface area (Å²) in [6.07, 6.45) is 3.72. The SMILES string of the molecule is COc1ccc2c(c1)OCCC2C(=O)N1CCCC12CCCS(=O)(=O)C2. The van der Waals surface area contributed by atoms with Gasteiger partial charge in [-0.25, -0.2) is 8.42 Å². The van der Waals surface area contributed by atoms with Crippen LogP contribution in [0.3, 0.4) is 0 Å². The standard InChI is InChI=1S/C19H25NO5S/c1-24-14-4-5-15-16(6-10-25-17(15)12-14)18(21)20-9-2-7-19(20)8-3-11-26(22,23)13-19/h4-5,12,16H,2-3,6-11,13H2,1H3. The molecule has 1 spiro atoms. The van der Waals surface area contributed by atoms with E-state index in [9.17, 15) is 13.2 Å². The summed E-state index contributed by atoms with van der Waals surface area (Å²) < 4.78 is 35.5. The lowest BCUT2D eigenvalue weighted by Gasteiger charge is -2.43. The Labute approximate surface area is 154 Å². The van der Waals surface area contributed by atoms with E-state index in [0.29, 0.717) is 37.5 Å². The van der Waals surface area contributed by atoms with Gasteiger partial charge in [0.15, 0.2) is 9.84 Å². The third-order valence-electron chi connectivity index (χ3n) is 6.01. The van der Waals surface area contributed by atoms with Crippen molar-refractivity contribution in [3.63, 3.8) is 0 Å². The molecule has 0 radical (unpaired) electrons. The summed E-state index contributed by atoms with van der Waals surface area (Å²) in [6.45, 7) is 1.13. The van der Waals surface area contributed by atoms with E-state index in [1.807, 2.05) is 23.1 Å². The van der Waals surface area contributed by atoms with Gasteiger partial charge in [0.2, 0.25) is 5.91 Å². The van der Waals surface area contributed by atoms with Crippen molar-refractivity contribution in [3.8, 4) is 11.5 Å².